The van der Waals surface area contributed by atoms with Gasteiger partial charge in [-0.1, -0.05) is 0 Å². The molecule has 1 aromatic heterocycles. The minimum atomic E-state index is -1.00. The summed E-state index contributed by atoms with van der Waals surface area (Å²) in [7, 11) is 0. The van der Waals surface area contributed by atoms with Crippen LogP contribution < -0.4 is 10.9 Å². The van der Waals surface area contributed by atoms with E-state index in [9.17, 15) is 10.0 Å². The molecule has 0 radical (unpaired) electrons. The van der Waals surface area contributed by atoms with E-state index >= 15 is 0 Å². The highest BCUT2D eigenvalue weighted by Crippen LogP contribution is 2.14. The lowest BCUT2D eigenvalue weighted by Gasteiger charge is -2.11. The van der Waals surface area contributed by atoms with Gasteiger partial charge in [0.15, 0.2) is 5.69 Å². The monoisotopic (exact) mass is 193 g/mol. The molecular weight excluding hydrogens is 186 g/mol. The summed E-state index contributed by atoms with van der Waals surface area (Å²) in [5, 5.41) is 18.9. The van der Waals surface area contributed by atoms with Gasteiger partial charge in [0.05, 0.1) is 0 Å². The number of hydrogen-bond acceptors (Lipinski definition) is 4. The molecule has 2 aromatic rings. The van der Waals surface area contributed by atoms with E-state index in [2.05, 4.69) is 0 Å². The minimum Gasteiger partial charge on any atom is -0.595 e. The standard InChI is InChI=1S/C9H7NO4/c11-9-4-1-6-5-7(10(12)13)2-3-8(6)14-9/h1-5,10,12H. The first-order chi connectivity index (χ1) is 6.66. The Hall–Kier alpha value is -1.69. The van der Waals surface area contributed by atoms with Crippen molar-refractivity contribution in [2.45, 2.75) is 0 Å². The fourth-order valence-electron chi connectivity index (χ4n) is 1.20. The Kier molecular flexibility index (Phi) is 2.05. The first-order valence-corrected chi connectivity index (χ1v) is 3.94. The van der Waals surface area contributed by atoms with Crippen molar-refractivity contribution in [3.8, 4) is 0 Å². The Bertz CT molecular complexity index is 517. The van der Waals surface area contributed by atoms with E-state index in [1.807, 2.05) is 0 Å². The summed E-state index contributed by atoms with van der Waals surface area (Å²) < 4.78 is 4.85. The van der Waals surface area contributed by atoms with E-state index in [0.717, 1.165) is 0 Å². The van der Waals surface area contributed by atoms with Crippen molar-refractivity contribution in [3.63, 3.8) is 0 Å². The molecule has 0 aliphatic rings. The van der Waals surface area contributed by atoms with Crippen molar-refractivity contribution < 1.29 is 14.9 Å². The predicted molar refractivity (Wildman–Crippen MR) is 48.3 cm³/mol. The molecule has 0 amide bonds. The quantitative estimate of drug-likeness (QED) is 0.500. The second-order valence-corrected chi connectivity index (χ2v) is 2.81. The molecule has 0 aliphatic carbocycles. The van der Waals surface area contributed by atoms with Crippen molar-refractivity contribution in [2.24, 2.45) is 0 Å². The van der Waals surface area contributed by atoms with Crippen LogP contribution in [0.2, 0.25) is 0 Å². The van der Waals surface area contributed by atoms with E-state index in [4.69, 9.17) is 9.62 Å². The molecule has 0 aliphatic heterocycles. The Morgan fingerprint density at radius 3 is 2.79 bits per heavy atom. The van der Waals surface area contributed by atoms with Gasteiger partial charge in [-0.25, -0.2) is 10.0 Å². The van der Waals surface area contributed by atoms with Gasteiger partial charge >= 0.3 is 5.63 Å². The zero-order valence-corrected chi connectivity index (χ0v) is 7.06. The van der Waals surface area contributed by atoms with Gasteiger partial charge in [0.25, 0.3) is 0 Å². The van der Waals surface area contributed by atoms with Gasteiger partial charge in [0.1, 0.15) is 5.58 Å². The fraction of sp³-hybridized carbons (Fsp3) is 0. The number of rotatable bonds is 1. The van der Waals surface area contributed by atoms with Gasteiger partial charge in [-0.2, -0.15) is 5.23 Å². The molecule has 5 heteroatoms. The second kappa shape index (κ2) is 3.22. The van der Waals surface area contributed by atoms with E-state index < -0.39 is 10.9 Å². The van der Waals surface area contributed by atoms with Crippen LogP contribution in [0, 0.1) is 5.21 Å². The number of benzene rings is 1. The third kappa shape index (κ3) is 1.51. The second-order valence-electron chi connectivity index (χ2n) is 2.81. The van der Waals surface area contributed by atoms with Gasteiger partial charge < -0.3 is 9.62 Å². The molecule has 2 rings (SSSR count). The first-order valence-electron chi connectivity index (χ1n) is 3.94. The lowest BCUT2D eigenvalue weighted by Crippen LogP contribution is -2.99. The molecule has 72 valence electrons. The Morgan fingerprint density at radius 1 is 1.29 bits per heavy atom. The van der Waals surface area contributed by atoms with Crippen molar-refractivity contribution in [1.29, 1.82) is 0 Å². The number of quaternary nitrogens is 1. The van der Waals surface area contributed by atoms with Crippen LogP contribution in [0.1, 0.15) is 0 Å². The highest BCUT2D eigenvalue weighted by atomic mass is 16.8. The third-order valence-electron chi connectivity index (χ3n) is 1.87. The average Bonchev–Trinajstić information content (AvgIpc) is 2.16. The zero-order chi connectivity index (χ0) is 10.1. The molecule has 1 heterocycles. The maximum Gasteiger partial charge on any atom is 0.336 e. The van der Waals surface area contributed by atoms with Crippen LogP contribution in [0.4, 0.5) is 5.69 Å². The van der Waals surface area contributed by atoms with Crippen LogP contribution >= 0.6 is 0 Å². The molecule has 0 fully saturated rings. The van der Waals surface area contributed by atoms with Gasteiger partial charge in [0.2, 0.25) is 0 Å². The molecule has 1 unspecified atom stereocenters. The summed E-state index contributed by atoms with van der Waals surface area (Å²) in [6.07, 6.45) is 0. The summed E-state index contributed by atoms with van der Waals surface area (Å²) in [5.74, 6) is 0. The van der Waals surface area contributed by atoms with Gasteiger partial charge in [-0.3, -0.25) is 0 Å². The lowest BCUT2D eigenvalue weighted by molar-refractivity contribution is -0.991. The molecule has 0 saturated carbocycles. The Labute approximate surface area is 78.3 Å². The van der Waals surface area contributed by atoms with Crippen molar-refractivity contribution in [3.05, 3.63) is 46.0 Å². The summed E-state index contributed by atoms with van der Waals surface area (Å²) in [5.41, 5.74) is 0.120. The minimum absolute atomic E-state index is 0.173. The predicted octanol–water partition coefficient (Wildman–Crippen LogP) is 0.196. The molecule has 2 N–H and O–H groups in total. The van der Waals surface area contributed by atoms with Gasteiger partial charge in [-0.05, 0) is 12.1 Å². The van der Waals surface area contributed by atoms with E-state index in [0.29, 0.717) is 11.0 Å². The van der Waals surface area contributed by atoms with Crippen molar-refractivity contribution >= 4 is 16.7 Å². The summed E-state index contributed by atoms with van der Waals surface area (Å²) >= 11 is 0. The molecule has 1 atom stereocenters. The van der Waals surface area contributed by atoms with E-state index in [1.165, 1.54) is 30.3 Å². The topological polar surface area (TPSA) is 77.9 Å². The molecule has 0 bridgehead atoms. The van der Waals surface area contributed by atoms with Gasteiger partial charge in [-0.15, -0.1) is 0 Å². The first kappa shape index (κ1) is 8.89. The highest BCUT2D eigenvalue weighted by molar-refractivity contribution is 5.78. The van der Waals surface area contributed by atoms with E-state index in [-0.39, 0.29) is 5.69 Å². The SMILES string of the molecule is O=c1ccc2cc([NH+]([O-])O)ccc2o1. The number of fused-ring (bicyclic) bond motifs is 1. The summed E-state index contributed by atoms with van der Waals surface area (Å²) in [4.78, 5) is 10.8. The molecule has 14 heavy (non-hydrogen) atoms. The van der Waals surface area contributed by atoms with Crippen LogP contribution in [0.25, 0.3) is 11.0 Å². The van der Waals surface area contributed by atoms with E-state index in [1.54, 1.807) is 0 Å². The van der Waals surface area contributed by atoms with Crippen LogP contribution in [0.3, 0.4) is 0 Å². The van der Waals surface area contributed by atoms with Crippen LogP contribution in [0.15, 0.2) is 39.5 Å². The zero-order valence-electron chi connectivity index (χ0n) is 7.06. The maximum absolute atomic E-state index is 10.8. The fourth-order valence-corrected chi connectivity index (χ4v) is 1.20. The normalized spacial score (nSPS) is 13.0. The molecular formula is C9H7NO4. The highest BCUT2D eigenvalue weighted by Gasteiger charge is 2.02. The molecule has 5 nitrogen and oxygen atoms in total. The molecule has 0 saturated heterocycles. The van der Waals surface area contributed by atoms with Crippen LogP contribution in [-0.2, 0) is 0 Å². The summed E-state index contributed by atoms with van der Waals surface area (Å²) in [6, 6.07) is 7.12. The average molecular weight is 193 g/mol. The number of nitrogens with one attached hydrogen (secondary N) is 1. The van der Waals surface area contributed by atoms with Crippen molar-refractivity contribution in [2.75, 3.05) is 0 Å². The number of hydrogen-bond donors (Lipinski definition) is 2. The van der Waals surface area contributed by atoms with Crippen LogP contribution in [0.5, 0.6) is 0 Å². The van der Waals surface area contributed by atoms with Crippen molar-refractivity contribution in [1.82, 2.24) is 0 Å². The maximum atomic E-state index is 10.8. The largest absolute Gasteiger partial charge is 0.595 e. The lowest BCUT2D eigenvalue weighted by atomic mass is 10.2. The smallest absolute Gasteiger partial charge is 0.336 e. The van der Waals surface area contributed by atoms with Gasteiger partial charge in [0, 0.05) is 23.6 Å². The molecule has 0 spiro atoms. The Morgan fingerprint density at radius 2 is 2.07 bits per heavy atom. The van der Waals surface area contributed by atoms with Crippen LogP contribution in [-0.4, -0.2) is 5.21 Å². The Balaban J connectivity index is 2.67. The molecule has 1 aromatic carbocycles. The third-order valence-corrected chi connectivity index (χ3v) is 1.87. The summed E-state index contributed by atoms with van der Waals surface area (Å²) in [6.45, 7) is 0.